The number of aromatic nitrogens is 2. The number of urea groups is 1. The fraction of sp³-hybridized carbons (Fsp3) is 0.667. The summed E-state index contributed by atoms with van der Waals surface area (Å²) < 4.78 is 0. The molecule has 1 aromatic rings. The summed E-state index contributed by atoms with van der Waals surface area (Å²) in [4.78, 5) is 16.7. The second kappa shape index (κ2) is 5.97. The number of rotatable bonds is 2. The Morgan fingerprint density at radius 3 is 3.05 bits per heavy atom. The number of carbonyl (C=O) groups excluding carboxylic acids is 1. The molecule has 6 nitrogen and oxygen atoms in total. The van der Waals surface area contributed by atoms with Gasteiger partial charge in [-0.2, -0.15) is 5.10 Å². The summed E-state index contributed by atoms with van der Waals surface area (Å²) in [5.41, 5.74) is 2.31. The van der Waals surface area contributed by atoms with Crippen molar-refractivity contribution in [3.8, 4) is 0 Å². The molecule has 1 atom stereocenters. The number of nitrogens with zero attached hydrogens (tertiary/aromatic N) is 4. The van der Waals surface area contributed by atoms with Gasteiger partial charge in [0.1, 0.15) is 0 Å². The average molecular weight is 289 g/mol. The van der Waals surface area contributed by atoms with E-state index >= 15 is 0 Å². The molecule has 0 radical (unpaired) electrons. The summed E-state index contributed by atoms with van der Waals surface area (Å²) in [6, 6.07) is 2.19. The first-order valence-corrected chi connectivity index (χ1v) is 7.79. The van der Waals surface area contributed by atoms with Crippen LogP contribution in [0.1, 0.15) is 31.0 Å². The minimum atomic E-state index is -0.0535. The molecule has 6 heteroatoms. The highest BCUT2D eigenvalue weighted by atomic mass is 16.2. The molecule has 0 bridgehead atoms. The third-order valence-corrected chi connectivity index (χ3v) is 4.47. The predicted octanol–water partition coefficient (Wildman–Crippen LogP) is 1.52. The van der Waals surface area contributed by atoms with E-state index in [0.717, 1.165) is 51.0 Å². The zero-order valence-electron chi connectivity index (χ0n) is 12.8. The van der Waals surface area contributed by atoms with E-state index in [4.69, 9.17) is 0 Å². The van der Waals surface area contributed by atoms with Crippen LogP contribution in [0.15, 0.2) is 6.07 Å². The van der Waals surface area contributed by atoms with E-state index < -0.39 is 0 Å². The van der Waals surface area contributed by atoms with Gasteiger partial charge in [-0.25, -0.2) is 4.79 Å². The van der Waals surface area contributed by atoms with E-state index in [0.29, 0.717) is 5.82 Å². The summed E-state index contributed by atoms with van der Waals surface area (Å²) in [7, 11) is 2.10. The maximum absolute atomic E-state index is 12.5. The lowest BCUT2D eigenvalue weighted by Crippen LogP contribution is -2.55. The van der Waals surface area contributed by atoms with Crippen LogP contribution >= 0.6 is 0 Å². The van der Waals surface area contributed by atoms with Crippen molar-refractivity contribution in [1.82, 2.24) is 20.0 Å². The molecule has 0 spiro atoms. The molecule has 2 heterocycles. The summed E-state index contributed by atoms with van der Waals surface area (Å²) >= 11 is 0. The molecule has 1 fully saturated rings. The number of piperazine rings is 1. The van der Waals surface area contributed by atoms with Crippen LogP contribution in [0.5, 0.6) is 0 Å². The van der Waals surface area contributed by atoms with Gasteiger partial charge in [-0.05, 0) is 44.4 Å². The van der Waals surface area contributed by atoms with Gasteiger partial charge in [0, 0.05) is 25.7 Å². The summed E-state index contributed by atoms with van der Waals surface area (Å²) in [5.74, 6) is 0.578. The van der Waals surface area contributed by atoms with Crippen molar-refractivity contribution in [2.24, 2.45) is 0 Å². The highest BCUT2D eigenvalue weighted by molar-refractivity contribution is 5.88. The Bertz CT molecular complexity index is 533. The molecule has 3 rings (SSSR count). The van der Waals surface area contributed by atoms with Gasteiger partial charge in [0.25, 0.3) is 0 Å². The first-order valence-electron chi connectivity index (χ1n) is 7.79. The van der Waals surface area contributed by atoms with Crippen molar-refractivity contribution >= 4 is 11.8 Å². The van der Waals surface area contributed by atoms with E-state index in [9.17, 15) is 4.79 Å². The molecule has 0 saturated carbocycles. The van der Waals surface area contributed by atoms with Gasteiger partial charge in [-0.1, -0.05) is 6.92 Å². The third-order valence-electron chi connectivity index (χ3n) is 4.47. The highest BCUT2D eigenvalue weighted by Crippen LogP contribution is 2.21. The number of amides is 2. The zero-order valence-corrected chi connectivity index (χ0v) is 12.8. The normalized spacial score (nSPS) is 22.2. The Labute approximate surface area is 125 Å². The fourth-order valence-electron chi connectivity index (χ4n) is 3.20. The van der Waals surface area contributed by atoms with E-state index in [1.165, 1.54) is 5.56 Å². The largest absolute Gasteiger partial charge is 0.323 e. The van der Waals surface area contributed by atoms with Crippen LogP contribution in [0.3, 0.4) is 0 Å². The van der Waals surface area contributed by atoms with Gasteiger partial charge < -0.3 is 9.80 Å². The Morgan fingerprint density at radius 1 is 1.38 bits per heavy atom. The van der Waals surface area contributed by atoms with Crippen molar-refractivity contribution in [1.29, 1.82) is 0 Å². The Balaban J connectivity index is 1.68. The highest BCUT2D eigenvalue weighted by Gasteiger charge is 2.28. The van der Waals surface area contributed by atoms with Crippen LogP contribution < -0.4 is 5.32 Å². The summed E-state index contributed by atoms with van der Waals surface area (Å²) in [6.45, 7) is 4.73. The lowest BCUT2D eigenvalue weighted by Gasteiger charge is -2.39. The molecule has 114 valence electrons. The molecule has 1 saturated heterocycles. The molecule has 0 aromatic carbocycles. The number of aryl methyl sites for hydroxylation is 2. The monoisotopic (exact) mass is 289 g/mol. The van der Waals surface area contributed by atoms with Gasteiger partial charge >= 0.3 is 6.03 Å². The molecule has 1 aliphatic carbocycles. The number of hydrogen-bond acceptors (Lipinski definition) is 4. The van der Waals surface area contributed by atoms with Crippen LogP contribution in [-0.2, 0) is 12.8 Å². The van der Waals surface area contributed by atoms with E-state index in [1.807, 2.05) is 11.0 Å². The van der Waals surface area contributed by atoms with Crippen molar-refractivity contribution in [2.45, 2.75) is 38.6 Å². The van der Waals surface area contributed by atoms with Gasteiger partial charge in [0.15, 0.2) is 5.82 Å². The van der Waals surface area contributed by atoms with Gasteiger partial charge in [-0.15, -0.1) is 5.10 Å². The Morgan fingerprint density at radius 2 is 2.24 bits per heavy atom. The van der Waals surface area contributed by atoms with E-state index in [-0.39, 0.29) is 12.1 Å². The molecule has 1 aliphatic heterocycles. The van der Waals surface area contributed by atoms with Crippen LogP contribution in [-0.4, -0.2) is 58.8 Å². The summed E-state index contributed by atoms with van der Waals surface area (Å²) in [5, 5.41) is 11.3. The van der Waals surface area contributed by atoms with Crippen LogP contribution in [0.4, 0.5) is 10.6 Å². The first kappa shape index (κ1) is 14.3. The molecular weight excluding hydrogens is 266 g/mol. The SMILES string of the molecule is CCC1CN(C)CCN1C(=O)Nc1cc2c(nn1)CCC2. The van der Waals surface area contributed by atoms with Gasteiger partial charge in [-0.3, -0.25) is 5.32 Å². The Hall–Kier alpha value is -1.69. The van der Waals surface area contributed by atoms with Gasteiger partial charge in [0.05, 0.1) is 5.69 Å². The molecule has 1 N–H and O–H groups in total. The van der Waals surface area contributed by atoms with Crippen molar-refractivity contribution in [3.05, 3.63) is 17.3 Å². The van der Waals surface area contributed by atoms with Crippen LogP contribution in [0, 0.1) is 0 Å². The molecule has 1 aromatic heterocycles. The molecule has 1 unspecified atom stereocenters. The standard InChI is InChI=1S/C15H23N5O/c1-3-12-10-19(2)7-8-20(12)15(21)16-14-9-11-5-4-6-13(11)17-18-14/h9,12H,3-8,10H2,1-2H3,(H,16,18,21). The quantitative estimate of drug-likeness (QED) is 0.897. The van der Waals surface area contributed by atoms with Crippen LogP contribution in [0.25, 0.3) is 0 Å². The first-order chi connectivity index (χ1) is 10.2. The lowest BCUT2D eigenvalue weighted by atomic mass is 10.1. The maximum Gasteiger partial charge on any atom is 0.323 e. The van der Waals surface area contributed by atoms with Crippen molar-refractivity contribution < 1.29 is 4.79 Å². The maximum atomic E-state index is 12.5. The number of anilines is 1. The molecule has 21 heavy (non-hydrogen) atoms. The lowest BCUT2D eigenvalue weighted by molar-refractivity contribution is 0.114. The number of carbonyl (C=O) groups is 1. The minimum Gasteiger partial charge on any atom is -0.319 e. The van der Waals surface area contributed by atoms with E-state index in [2.05, 4.69) is 34.4 Å². The van der Waals surface area contributed by atoms with Crippen LogP contribution in [0.2, 0.25) is 0 Å². The molecule has 2 aliphatic rings. The predicted molar refractivity (Wildman–Crippen MR) is 81.4 cm³/mol. The van der Waals surface area contributed by atoms with E-state index in [1.54, 1.807) is 0 Å². The number of fused-ring (bicyclic) bond motifs is 1. The average Bonchev–Trinajstić information content (AvgIpc) is 2.94. The fourth-order valence-corrected chi connectivity index (χ4v) is 3.20. The number of likely N-dealkylation sites (N-methyl/N-ethyl adjacent to an activating group) is 1. The summed E-state index contributed by atoms with van der Waals surface area (Å²) in [6.07, 6.45) is 4.15. The topological polar surface area (TPSA) is 61.4 Å². The van der Waals surface area contributed by atoms with Crippen molar-refractivity contribution in [3.63, 3.8) is 0 Å². The van der Waals surface area contributed by atoms with Gasteiger partial charge in [0.2, 0.25) is 0 Å². The number of hydrogen-bond donors (Lipinski definition) is 1. The third kappa shape index (κ3) is 3.00. The molecule has 2 amide bonds. The zero-order chi connectivity index (χ0) is 14.8. The smallest absolute Gasteiger partial charge is 0.319 e. The van der Waals surface area contributed by atoms with Crippen molar-refractivity contribution in [2.75, 3.05) is 32.0 Å². The Kier molecular flexibility index (Phi) is 4.05. The second-order valence-electron chi connectivity index (χ2n) is 6.00. The second-order valence-corrected chi connectivity index (χ2v) is 6.00. The minimum absolute atomic E-state index is 0.0535. The number of nitrogens with one attached hydrogen (secondary N) is 1. The molecular formula is C15H23N5O.